The van der Waals surface area contributed by atoms with Crippen molar-refractivity contribution in [1.29, 1.82) is 0 Å². The van der Waals surface area contributed by atoms with Crippen LogP contribution in [0.3, 0.4) is 0 Å². The van der Waals surface area contributed by atoms with Crippen molar-refractivity contribution in [2.75, 3.05) is 11.1 Å². The van der Waals surface area contributed by atoms with Gasteiger partial charge in [-0.1, -0.05) is 29.5 Å². The molecule has 0 fully saturated rings. The summed E-state index contributed by atoms with van der Waals surface area (Å²) in [6.45, 7) is 3.92. The predicted octanol–water partition coefficient (Wildman–Crippen LogP) is 5.11. The van der Waals surface area contributed by atoms with E-state index in [-0.39, 0.29) is 0 Å². The number of nitrogens with two attached hydrogens (primary N) is 1. The van der Waals surface area contributed by atoms with Crippen molar-refractivity contribution in [1.82, 2.24) is 19.9 Å². The lowest BCUT2D eigenvalue weighted by atomic mass is 10.0. The lowest BCUT2D eigenvalue weighted by Gasteiger charge is -2.12. The lowest BCUT2D eigenvalue weighted by Crippen LogP contribution is -2.08. The zero-order chi connectivity index (χ0) is 20.8. The molecule has 148 valence electrons. The van der Waals surface area contributed by atoms with Crippen LogP contribution in [0.4, 0.5) is 29.8 Å². The summed E-state index contributed by atoms with van der Waals surface area (Å²) in [5.74, 6) is 0.835. The summed E-state index contributed by atoms with van der Waals surface area (Å²) in [4.78, 5) is 17.5. The highest BCUT2D eigenvalue weighted by Crippen LogP contribution is 2.34. The maximum atomic E-state index is 12.7. The molecule has 0 unspecified atom stereocenters. The average molecular weight is 416 g/mol. The van der Waals surface area contributed by atoms with Crippen molar-refractivity contribution in [3.8, 4) is 11.4 Å². The molecule has 0 bridgehead atoms. The largest absolute Gasteiger partial charge is 0.433 e. The third kappa shape index (κ3) is 3.70. The molecule has 4 aromatic rings. The van der Waals surface area contributed by atoms with Crippen LogP contribution in [0.2, 0.25) is 0 Å². The number of halogens is 3. The molecule has 0 aliphatic heterocycles. The van der Waals surface area contributed by atoms with Gasteiger partial charge in [0.2, 0.25) is 0 Å². The molecule has 0 saturated carbocycles. The van der Waals surface area contributed by atoms with Crippen molar-refractivity contribution in [2.45, 2.75) is 20.0 Å². The van der Waals surface area contributed by atoms with E-state index < -0.39 is 11.9 Å². The molecule has 0 spiro atoms. The van der Waals surface area contributed by atoms with Crippen LogP contribution in [0.15, 0.2) is 36.5 Å². The third-order valence-corrected chi connectivity index (χ3v) is 5.08. The molecule has 0 aliphatic rings. The van der Waals surface area contributed by atoms with Crippen molar-refractivity contribution in [3.63, 3.8) is 0 Å². The van der Waals surface area contributed by atoms with Crippen LogP contribution in [0.5, 0.6) is 0 Å². The number of aryl methyl sites for hydroxylation is 2. The summed E-state index contributed by atoms with van der Waals surface area (Å²) >= 11 is 1.21. The molecule has 10 heteroatoms. The van der Waals surface area contributed by atoms with E-state index in [9.17, 15) is 13.2 Å². The molecule has 0 radical (unpaired) electrons. The smallest absolute Gasteiger partial charge is 0.375 e. The zero-order valence-corrected chi connectivity index (χ0v) is 16.2. The second-order valence-corrected chi connectivity index (χ2v) is 7.43. The highest BCUT2D eigenvalue weighted by molar-refractivity contribution is 7.21. The van der Waals surface area contributed by atoms with Gasteiger partial charge in [-0.15, -0.1) is 0 Å². The highest BCUT2D eigenvalue weighted by Gasteiger charge is 2.32. The number of aromatic nitrogens is 4. The Balaban J connectivity index is 1.81. The third-order valence-electron chi connectivity index (χ3n) is 4.30. The number of hydrogen-bond donors (Lipinski definition) is 2. The van der Waals surface area contributed by atoms with Gasteiger partial charge in [-0.3, -0.25) is 0 Å². The van der Waals surface area contributed by atoms with Gasteiger partial charge in [0.05, 0.1) is 11.9 Å². The maximum Gasteiger partial charge on any atom is 0.433 e. The van der Waals surface area contributed by atoms with Gasteiger partial charge >= 0.3 is 6.18 Å². The highest BCUT2D eigenvalue weighted by atomic mass is 32.1. The molecular weight excluding hydrogens is 401 g/mol. The normalized spacial score (nSPS) is 11.8. The van der Waals surface area contributed by atoms with E-state index in [2.05, 4.69) is 25.3 Å². The van der Waals surface area contributed by atoms with E-state index in [1.165, 1.54) is 17.4 Å². The molecule has 1 aromatic carbocycles. The standard InChI is InChI=1S/C19H15F3N6S/c1-9-4-3-5-10(2)13(9)15-27-16(14-17(28-15)29-18(23)26-14)25-11-6-7-12(24-8-11)19(20,21)22/h3-8H,1-2H3,(H2,23,26)(H,25,27,28). The van der Waals surface area contributed by atoms with Crippen LogP contribution in [-0.4, -0.2) is 19.9 Å². The molecule has 29 heavy (non-hydrogen) atoms. The number of nitrogen functional groups attached to an aromatic ring is 1. The topological polar surface area (TPSA) is 89.6 Å². The van der Waals surface area contributed by atoms with Crippen molar-refractivity contribution >= 4 is 38.3 Å². The summed E-state index contributed by atoms with van der Waals surface area (Å²) in [7, 11) is 0. The number of alkyl halides is 3. The van der Waals surface area contributed by atoms with E-state index in [4.69, 9.17) is 5.73 Å². The van der Waals surface area contributed by atoms with Crippen LogP contribution in [0.25, 0.3) is 21.7 Å². The average Bonchev–Trinajstić information content (AvgIpc) is 3.02. The maximum absolute atomic E-state index is 12.7. The number of rotatable bonds is 3. The number of nitrogens with zero attached hydrogens (tertiary/aromatic N) is 4. The summed E-state index contributed by atoms with van der Waals surface area (Å²) in [5.41, 5.74) is 8.56. The number of fused-ring (bicyclic) bond motifs is 1. The van der Waals surface area contributed by atoms with Crippen molar-refractivity contribution < 1.29 is 13.2 Å². The van der Waals surface area contributed by atoms with Gasteiger partial charge in [0, 0.05) is 5.56 Å². The van der Waals surface area contributed by atoms with Crippen molar-refractivity contribution in [3.05, 3.63) is 53.3 Å². The Labute approximate surface area is 167 Å². The van der Waals surface area contributed by atoms with E-state index in [0.717, 1.165) is 29.0 Å². The van der Waals surface area contributed by atoms with Crippen LogP contribution in [0, 0.1) is 13.8 Å². The Morgan fingerprint density at radius 1 is 1.00 bits per heavy atom. The summed E-state index contributed by atoms with van der Waals surface area (Å²) < 4.78 is 38.2. The number of benzene rings is 1. The van der Waals surface area contributed by atoms with E-state index in [1.807, 2.05) is 32.0 Å². The van der Waals surface area contributed by atoms with Crippen LogP contribution < -0.4 is 11.1 Å². The fourth-order valence-corrected chi connectivity index (χ4v) is 3.68. The second-order valence-electron chi connectivity index (χ2n) is 6.42. The summed E-state index contributed by atoms with van der Waals surface area (Å²) in [6.07, 6.45) is -3.40. The Morgan fingerprint density at radius 2 is 1.72 bits per heavy atom. The van der Waals surface area contributed by atoms with Gasteiger partial charge in [-0.2, -0.15) is 13.2 Å². The van der Waals surface area contributed by atoms with E-state index in [0.29, 0.717) is 32.8 Å². The minimum Gasteiger partial charge on any atom is -0.375 e. The molecule has 0 atom stereocenters. The van der Waals surface area contributed by atoms with Crippen molar-refractivity contribution in [2.24, 2.45) is 0 Å². The fourth-order valence-electron chi connectivity index (χ4n) is 2.98. The second kappa shape index (κ2) is 6.96. The van der Waals surface area contributed by atoms with Gasteiger partial charge < -0.3 is 11.1 Å². The Morgan fingerprint density at radius 3 is 2.34 bits per heavy atom. The molecule has 0 saturated heterocycles. The lowest BCUT2D eigenvalue weighted by molar-refractivity contribution is -0.141. The number of nitrogens with one attached hydrogen (secondary N) is 1. The Bertz CT molecular complexity index is 1180. The molecule has 3 heterocycles. The zero-order valence-electron chi connectivity index (χ0n) is 15.4. The molecular formula is C19H15F3N6S. The molecule has 3 N–H and O–H groups in total. The molecule has 0 aliphatic carbocycles. The monoisotopic (exact) mass is 416 g/mol. The first kappa shape index (κ1) is 19.1. The van der Waals surface area contributed by atoms with Crippen LogP contribution in [0.1, 0.15) is 16.8 Å². The number of hydrogen-bond acceptors (Lipinski definition) is 7. The first-order chi connectivity index (χ1) is 13.7. The minimum atomic E-state index is -4.50. The predicted molar refractivity (Wildman–Crippen MR) is 107 cm³/mol. The number of pyridine rings is 1. The van der Waals surface area contributed by atoms with Gasteiger partial charge in [0.15, 0.2) is 21.6 Å². The summed E-state index contributed by atoms with van der Waals surface area (Å²) in [6, 6.07) is 8.07. The first-order valence-corrected chi connectivity index (χ1v) is 9.35. The quantitative estimate of drug-likeness (QED) is 0.482. The SMILES string of the molecule is Cc1cccc(C)c1-c1nc(Nc2ccc(C(F)(F)F)nc2)c2nc(N)sc2n1. The Kier molecular flexibility index (Phi) is 4.58. The van der Waals surface area contributed by atoms with Gasteiger partial charge in [-0.05, 0) is 37.1 Å². The molecule has 3 aromatic heterocycles. The molecule has 6 nitrogen and oxygen atoms in total. The summed E-state index contributed by atoms with van der Waals surface area (Å²) in [5, 5.41) is 3.32. The van der Waals surface area contributed by atoms with Gasteiger partial charge in [0.25, 0.3) is 0 Å². The first-order valence-electron chi connectivity index (χ1n) is 8.53. The number of thiazole rings is 1. The van der Waals surface area contributed by atoms with Gasteiger partial charge in [0.1, 0.15) is 11.2 Å². The van der Waals surface area contributed by atoms with E-state index >= 15 is 0 Å². The van der Waals surface area contributed by atoms with Crippen LogP contribution >= 0.6 is 11.3 Å². The Hall–Kier alpha value is -3.27. The van der Waals surface area contributed by atoms with Crippen LogP contribution in [-0.2, 0) is 6.18 Å². The molecule has 0 amide bonds. The number of anilines is 3. The van der Waals surface area contributed by atoms with Gasteiger partial charge in [-0.25, -0.2) is 19.9 Å². The minimum absolute atomic E-state index is 0.321. The molecule has 4 rings (SSSR count). The fraction of sp³-hybridized carbons (Fsp3) is 0.158. The van der Waals surface area contributed by atoms with E-state index in [1.54, 1.807) is 0 Å².